The molecule has 9 nitrogen and oxygen atoms in total. The van der Waals surface area contributed by atoms with Gasteiger partial charge in [-0.1, -0.05) is 6.07 Å². The van der Waals surface area contributed by atoms with Gasteiger partial charge in [0.1, 0.15) is 23.3 Å². The average Bonchev–Trinajstić information content (AvgIpc) is 3.67. The Morgan fingerprint density at radius 3 is 2.49 bits per heavy atom. The first-order valence-electron chi connectivity index (χ1n) is 11.4. The molecule has 2 aromatic carbocycles. The number of aromatic nitrogens is 3. The van der Waals surface area contributed by atoms with Gasteiger partial charge in [-0.15, -0.1) is 0 Å². The van der Waals surface area contributed by atoms with Crippen molar-refractivity contribution >= 4 is 62.0 Å². The molecular formula is C25H23FIN5O4S. The van der Waals surface area contributed by atoms with E-state index in [-0.39, 0.29) is 34.0 Å². The van der Waals surface area contributed by atoms with Crippen molar-refractivity contribution < 1.29 is 8.94 Å². The van der Waals surface area contributed by atoms with E-state index in [1.165, 1.54) is 39.1 Å². The van der Waals surface area contributed by atoms with Gasteiger partial charge in [-0.2, -0.15) is 0 Å². The van der Waals surface area contributed by atoms with Crippen molar-refractivity contribution in [1.82, 2.24) is 13.7 Å². The SMILES string of the molecule is Cc1c(=O)n(C)c(Nc2ccc(I)cc2F)c2c(=O)n(C3CC3)c(=O)n(-c3cccc(N[S@+](C)[O-])c3)c12. The largest absolute Gasteiger partial charge is 0.593 e. The van der Waals surface area contributed by atoms with E-state index >= 15 is 0 Å². The van der Waals surface area contributed by atoms with Gasteiger partial charge in [0.15, 0.2) is 0 Å². The van der Waals surface area contributed by atoms with Crippen molar-refractivity contribution in [3.05, 3.63) is 88.6 Å². The highest BCUT2D eigenvalue weighted by molar-refractivity contribution is 14.1. The lowest BCUT2D eigenvalue weighted by Gasteiger charge is -2.21. The van der Waals surface area contributed by atoms with Crippen LogP contribution in [0.25, 0.3) is 16.6 Å². The summed E-state index contributed by atoms with van der Waals surface area (Å²) >= 11 is 0.640. The van der Waals surface area contributed by atoms with E-state index in [0.717, 1.165) is 0 Å². The molecule has 1 fully saturated rings. The Morgan fingerprint density at radius 2 is 1.84 bits per heavy atom. The van der Waals surface area contributed by atoms with Crippen LogP contribution in [0.15, 0.2) is 56.8 Å². The van der Waals surface area contributed by atoms with E-state index in [1.807, 2.05) is 22.6 Å². The number of halogens is 2. The number of anilines is 3. The lowest BCUT2D eigenvalue weighted by Crippen LogP contribution is -2.41. The lowest BCUT2D eigenvalue weighted by atomic mass is 10.1. The van der Waals surface area contributed by atoms with Crippen LogP contribution in [0.1, 0.15) is 24.4 Å². The molecule has 5 rings (SSSR count). The van der Waals surface area contributed by atoms with Crippen LogP contribution < -0.4 is 26.8 Å². The van der Waals surface area contributed by atoms with Gasteiger partial charge in [0.2, 0.25) is 0 Å². The first-order chi connectivity index (χ1) is 17.6. The molecule has 0 bridgehead atoms. The molecule has 0 aliphatic heterocycles. The second-order valence-electron chi connectivity index (χ2n) is 8.94. The molecule has 1 aliphatic carbocycles. The van der Waals surface area contributed by atoms with Crippen molar-refractivity contribution in [2.24, 2.45) is 7.05 Å². The third-order valence-electron chi connectivity index (χ3n) is 6.31. The van der Waals surface area contributed by atoms with Gasteiger partial charge in [-0.25, -0.2) is 13.9 Å². The molecule has 1 aliphatic rings. The second kappa shape index (κ2) is 9.65. The Labute approximate surface area is 227 Å². The van der Waals surface area contributed by atoms with Crippen LogP contribution in [-0.2, 0) is 18.4 Å². The Bertz CT molecular complexity index is 1740. The number of pyridine rings is 1. The molecule has 0 radical (unpaired) electrons. The first kappa shape index (κ1) is 25.5. The predicted molar refractivity (Wildman–Crippen MR) is 152 cm³/mol. The second-order valence-corrected chi connectivity index (χ2v) is 11.3. The number of aryl methyl sites for hydroxylation is 1. The topological polar surface area (TPSA) is 113 Å². The van der Waals surface area contributed by atoms with Gasteiger partial charge in [0.25, 0.3) is 11.1 Å². The minimum Gasteiger partial charge on any atom is -0.593 e. The molecule has 1 saturated carbocycles. The maximum atomic E-state index is 14.8. The van der Waals surface area contributed by atoms with Crippen LogP contribution in [-0.4, -0.2) is 24.5 Å². The lowest BCUT2D eigenvalue weighted by molar-refractivity contribution is 0.605. The highest BCUT2D eigenvalue weighted by atomic mass is 127. The Hall–Kier alpha value is -3.10. The molecule has 0 unspecified atom stereocenters. The first-order valence-corrected chi connectivity index (χ1v) is 14.1. The summed E-state index contributed by atoms with van der Waals surface area (Å²) < 4.78 is 33.8. The van der Waals surface area contributed by atoms with Crippen molar-refractivity contribution in [2.45, 2.75) is 25.8 Å². The summed E-state index contributed by atoms with van der Waals surface area (Å²) in [7, 11) is 1.50. The van der Waals surface area contributed by atoms with Crippen molar-refractivity contribution in [3.63, 3.8) is 0 Å². The Balaban J connectivity index is 1.90. The van der Waals surface area contributed by atoms with Crippen LogP contribution in [0.5, 0.6) is 0 Å². The molecule has 1 atom stereocenters. The zero-order valence-corrected chi connectivity index (χ0v) is 23.1. The van der Waals surface area contributed by atoms with E-state index in [4.69, 9.17) is 0 Å². The number of nitrogens with one attached hydrogen (secondary N) is 2. The van der Waals surface area contributed by atoms with Gasteiger partial charge in [-0.3, -0.25) is 23.3 Å². The van der Waals surface area contributed by atoms with E-state index in [1.54, 1.807) is 37.3 Å². The summed E-state index contributed by atoms with van der Waals surface area (Å²) in [5, 5.41) is 3.04. The van der Waals surface area contributed by atoms with Gasteiger partial charge < -0.3 is 9.87 Å². The zero-order chi connectivity index (χ0) is 26.6. The Morgan fingerprint density at radius 1 is 1.11 bits per heavy atom. The summed E-state index contributed by atoms with van der Waals surface area (Å²) in [5.41, 5.74) is -0.244. The van der Waals surface area contributed by atoms with Crippen molar-refractivity contribution in [3.8, 4) is 5.69 Å². The summed E-state index contributed by atoms with van der Waals surface area (Å²) in [6, 6.07) is 11.0. The fraction of sp³-hybridized carbons (Fsp3) is 0.240. The van der Waals surface area contributed by atoms with Crippen LogP contribution in [0.3, 0.4) is 0 Å². The zero-order valence-electron chi connectivity index (χ0n) is 20.2. The highest BCUT2D eigenvalue weighted by Gasteiger charge is 2.31. The van der Waals surface area contributed by atoms with Crippen molar-refractivity contribution in [2.75, 3.05) is 16.3 Å². The summed E-state index contributed by atoms with van der Waals surface area (Å²) in [6.45, 7) is 1.56. The maximum absolute atomic E-state index is 14.8. The molecule has 12 heteroatoms. The fourth-order valence-electron chi connectivity index (χ4n) is 4.45. The molecule has 2 aromatic heterocycles. The van der Waals surface area contributed by atoms with Gasteiger partial charge in [0.05, 0.1) is 33.9 Å². The number of hydrogen-bond acceptors (Lipinski definition) is 6. The monoisotopic (exact) mass is 635 g/mol. The standard InChI is InChI=1S/C25H23FIN5O4S/c1-13-21-20(22(30(2)23(13)33)28-19-10-7-14(27)11-18(19)26)24(34)32(16-8-9-16)25(35)31(21)17-6-4-5-15(12-17)29-37(3)36/h4-7,10-12,16,28-29H,8-9H2,1-3H3/t37-/m0/s1. The number of fused-ring (bicyclic) bond motifs is 1. The molecule has 192 valence electrons. The quantitative estimate of drug-likeness (QED) is 0.247. The molecule has 0 amide bonds. The molecule has 2 N–H and O–H groups in total. The van der Waals surface area contributed by atoms with E-state index in [9.17, 15) is 23.3 Å². The van der Waals surface area contributed by atoms with Gasteiger partial charge >= 0.3 is 5.69 Å². The number of hydrogen-bond donors (Lipinski definition) is 2. The summed E-state index contributed by atoms with van der Waals surface area (Å²) in [5.74, 6) is -0.460. The minimum atomic E-state index is -1.35. The van der Waals surface area contributed by atoms with Gasteiger partial charge in [0, 0.05) is 22.2 Å². The number of benzene rings is 2. The molecule has 2 heterocycles. The summed E-state index contributed by atoms with van der Waals surface area (Å²) in [6.07, 6.45) is 2.84. The van der Waals surface area contributed by atoms with Crippen LogP contribution in [0, 0.1) is 16.3 Å². The fourth-order valence-corrected chi connectivity index (χ4v) is 5.36. The van der Waals surface area contributed by atoms with Gasteiger partial charge in [-0.05, 0) is 78.8 Å². The number of rotatable bonds is 6. The Kier molecular flexibility index (Phi) is 6.66. The third-order valence-corrected chi connectivity index (χ3v) is 7.50. The predicted octanol–water partition coefficient (Wildman–Crippen LogP) is 3.69. The maximum Gasteiger partial charge on any atom is 0.336 e. The average molecular weight is 635 g/mol. The van der Waals surface area contributed by atoms with Crippen molar-refractivity contribution in [1.29, 1.82) is 0 Å². The molecule has 4 aromatic rings. The molecular weight excluding hydrogens is 612 g/mol. The minimum absolute atomic E-state index is 0.0859. The van der Waals surface area contributed by atoms with E-state index in [0.29, 0.717) is 27.8 Å². The highest BCUT2D eigenvalue weighted by Crippen LogP contribution is 2.34. The molecule has 37 heavy (non-hydrogen) atoms. The third kappa shape index (κ3) is 4.57. The summed E-state index contributed by atoms with van der Waals surface area (Å²) in [4.78, 5) is 41.0. The van der Waals surface area contributed by atoms with E-state index in [2.05, 4.69) is 10.0 Å². The van der Waals surface area contributed by atoms with Crippen LogP contribution in [0.4, 0.5) is 21.6 Å². The smallest absolute Gasteiger partial charge is 0.336 e. The molecule has 0 spiro atoms. The number of nitrogens with zero attached hydrogens (tertiary/aromatic N) is 3. The van der Waals surface area contributed by atoms with Crippen LogP contribution in [0.2, 0.25) is 0 Å². The van der Waals surface area contributed by atoms with E-state index < -0.39 is 34.0 Å². The van der Waals surface area contributed by atoms with Crippen LogP contribution >= 0.6 is 22.6 Å². The normalized spacial score (nSPS) is 14.1. The molecule has 0 saturated heterocycles.